The molecule has 3 nitrogen and oxygen atoms in total. The zero-order valence-electron chi connectivity index (χ0n) is 8.78. The van der Waals surface area contributed by atoms with E-state index < -0.39 is 0 Å². The average molecular weight is 278 g/mol. The van der Waals surface area contributed by atoms with Crippen molar-refractivity contribution in [3.8, 4) is 11.3 Å². The molecule has 0 spiro atoms. The Morgan fingerprint density at radius 3 is 2.81 bits per heavy atom. The van der Waals surface area contributed by atoms with Crippen molar-refractivity contribution in [1.82, 2.24) is 14.9 Å². The predicted molar refractivity (Wildman–Crippen MR) is 67.1 cm³/mol. The molecule has 16 heavy (non-hydrogen) atoms. The quantitative estimate of drug-likeness (QED) is 0.868. The molecule has 3 rings (SSSR count). The highest BCUT2D eigenvalue weighted by molar-refractivity contribution is 9.10. The molecule has 0 radical (unpaired) electrons. The molecule has 1 aromatic heterocycles. The highest BCUT2D eigenvalue weighted by Crippen LogP contribution is 2.21. The zero-order valence-corrected chi connectivity index (χ0v) is 10.4. The van der Waals surface area contributed by atoms with Gasteiger partial charge in [0.2, 0.25) is 0 Å². The molecule has 2 aromatic rings. The summed E-state index contributed by atoms with van der Waals surface area (Å²) in [5.41, 5.74) is 2.23. The maximum Gasteiger partial charge on any atom is 0.123 e. The van der Waals surface area contributed by atoms with E-state index in [0.29, 0.717) is 0 Å². The van der Waals surface area contributed by atoms with Gasteiger partial charge in [0.25, 0.3) is 0 Å². The molecule has 1 N–H and O–H groups in total. The summed E-state index contributed by atoms with van der Waals surface area (Å²) in [6, 6.07) is 8.27. The predicted octanol–water partition coefficient (Wildman–Crippen LogP) is 2.42. The van der Waals surface area contributed by atoms with Crippen LogP contribution in [0.4, 0.5) is 0 Å². The van der Waals surface area contributed by atoms with Gasteiger partial charge in [-0.15, -0.1) is 0 Å². The molecule has 1 aromatic carbocycles. The topological polar surface area (TPSA) is 29.9 Å². The van der Waals surface area contributed by atoms with Gasteiger partial charge >= 0.3 is 0 Å². The number of imidazole rings is 1. The molecule has 0 atom stereocenters. The van der Waals surface area contributed by atoms with Crippen molar-refractivity contribution in [1.29, 1.82) is 0 Å². The van der Waals surface area contributed by atoms with Crippen LogP contribution in [0.25, 0.3) is 11.3 Å². The van der Waals surface area contributed by atoms with E-state index in [-0.39, 0.29) is 0 Å². The van der Waals surface area contributed by atoms with Gasteiger partial charge in [0.1, 0.15) is 5.82 Å². The van der Waals surface area contributed by atoms with Crippen LogP contribution in [-0.4, -0.2) is 16.1 Å². The van der Waals surface area contributed by atoms with Gasteiger partial charge in [0.15, 0.2) is 0 Å². The normalized spacial score (nSPS) is 14.8. The molecule has 82 valence electrons. The lowest BCUT2D eigenvalue weighted by atomic mass is 10.2. The van der Waals surface area contributed by atoms with E-state index in [4.69, 9.17) is 0 Å². The molecule has 2 heterocycles. The lowest BCUT2D eigenvalue weighted by Crippen LogP contribution is -2.27. The number of aromatic nitrogens is 2. The summed E-state index contributed by atoms with van der Waals surface area (Å²) in [6.45, 7) is 2.92. The van der Waals surface area contributed by atoms with E-state index in [0.717, 1.165) is 35.6 Å². The highest BCUT2D eigenvalue weighted by atomic mass is 79.9. The van der Waals surface area contributed by atoms with Crippen molar-refractivity contribution in [2.75, 3.05) is 6.54 Å². The van der Waals surface area contributed by atoms with Crippen LogP contribution >= 0.6 is 15.9 Å². The Kier molecular flexibility index (Phi) is 2.53. The summed E-state index contributed by atoms with van der Waals surface area (Å²) >= 11 is 3.44. The Labute approximate surface area is 103 Å². The van der Waals surface area contributed by atoms with Crippen LogP contribution in [-0.2, 0) is 13.1 Å². The molecule has 0 amide bonds. The number of hydrogen-bond acceptors (Lipinski definition) is 2. The monoisotopic (exact) mass is 277 g/mol. The average Bonchev–Trinajstić information content (AvgIpc) is 2.73. The lowest BCUT2D eigenvalue weighted by molar-refractivity contribution is 0.505. The standard InChI is InChI=1S/C12H12BrN3/c13-10-3-1-9(2-4-10)11-8-16-6-5-14-7-12(16)15-11/h1-4,8,14H,5-7H2. The van der Waals surface area contributed by atoms with Gasteiger partial charge in [-0.3, -0.25) is 0 Å². The van der Waals surface area contributed by atoms with E-state index in [1.54, 1.807) is 0 Å². The van der Waals surface area contributed by atoms with Crippen LogP contribution in [0.3, 0.4) is 0 Å². The van der Waals surface area contributed by atoms with Gasteiger partial charge in [-0.05, 0) is 12.1 Å². The molecule has 4 heteroatoms. The molecule has 0 saturated heterocycles. The summed E-state index contributed by atoms with van der Waals surface area (Å²) in [7, 11) is 0. The molecule has 0 bridgehead atoms. The van der Waals surface area contributed by atoms with Crippen LogP contribution in [0.1, 0.15) is 5.82 Å². The minimum Gasteiger partial charge on any atom is -0.332 e. The van der Waals surface area contributed by atoms with Crippen molar-refractivity contribution in [3.05, 3.63) is 40.8 Å². The van der Waals surface area contributed by atoms with Crippen LogP contribution in [0.15, 0.2) is 34.9 Å². The fourth-order valence-corrected chi connectivity index (χ4v) is 2.21. The third-order valence-electron chi connectivity index (χ3n) is 2.81. The highest BCUT2D eigenvalue weighted by Gasteiger charge is 2.12. The summed E-state index contributed by atoms with van der Waals surface area (Å²) in [5, 5.41) is 3.32. The maximum atomic E-state index is 4.64. The fraction of sp³-hybridized carbons (Fsp3) is 0.250. The second-order valence-corrected chi connectivity index (χ2v) is 4.84. The van der Waals surface area contributed by atoms with E-state index in [1.165, 1.54) is 5.56 Å². The minimum atomic E-state index is 0.872. The van der Waals surface area contributed by atoms with Gasteiger partial charge in [0.05, 0.1) is 12.2 Å². The third-order valence-corrected chi connectivity index (χ3v) is 3.34. The molecular weight excluding hydrogens is 266 g/mol. The van der Waals surface area contributed by atoms with Crippen molar-refractivity contribution < 1.29 is 0 Å². The van der Waals surface area contributed by atoms with Crippen molar-refractivity contribution in [3.63, 3.8) is 0 Å². The molecule has 0 aliphatic carbocycles. The number of fused-ring (bicyclic) bond motifs is 1. The van der Waals surface area contributed by atoms with E-state index in [2.05, 4.69) is 49.1 Å². The lowest BCUT2D eigenvalue weighted by Gasteiger charge is -2.13. The summed E-state index contributed by atoms with van der Waals surface area (Å²) in [6.07, 6.45) is 2.14. The Balaban J connectivity index is 2.00. The molecule has 1 aliphatic rings. The first kappa shape index (κ1) is 10.1. The number of nitrogens with one attached hydrogen (secondary N) is 1. The first-order valence-corrected chi connectivity index (χ1v) is 6.15. The maximum absolute atomic E-state index is 4.64. The van der Waals surface area contributed by atoms with Gasteiger partial charge in [0, 0.05) is 29.3 Å². The Hall–Kier alpha value is -1.13. The fourth-order valence-electron chi connectivity index (χ4n) is 1.95. The Morgan fingerprint density at radius 2 is 2.06 bits per heavy atom. The first-order chi connectivity index (χ1) is 7.83. The minimum absolute atomic E-state index is 0.872. The van der Waals surface area contributed by atoms with E-state index in [1.807, 2.05) is 12.1 Å². The van der Waals surface area contributed by atoms with Gasteiger partial charge in [-0.1, -0.05) is 28.1 Å². The largest absolute Gasteiger partial charge is 0.332 e. The van der Waals surface area contributed by atoms with Crippen LogP contribution in [0.2, 0.25) is 0 Å². The van der Waals surface area contributed by atoms with Crippen molar-refractivity contribution >= 4 is 15.9 Å². The van der Waals surface area contributed by atoms with Crippen LogP contribution < -0.4 is 5.32 Å². The third kappa shape index (κ3) is 1.79. The summed E-state index contributed by atoms with van der Waals surface area (Å²) < 4.78 is 3.33. The Bertz CT molecular complexity index is 478. The number of halogens is 1. The van der Waals surface area contributed by atoms with Crippen LogP contribution in [0, 0.1) is 0 Å². The number of hydrogen-bond donors (Lipinski definition) is 1. The molecular formula is C12H12BrN3. The number of rotatable bonds is 1. The second kappa shape index (κ2) is 4.03. The molecule has 0 saturated carbocycles. The smallest absolute Gasteiger partial charge is 0.123 e. The van der Waals surface area contributed by atoms with Gasteiger partial charge in [-0.2, -0.15) is 0 Å². The summed E-state index contributed by atoms with van der Waals surface area (Å²) in [5.74, 6) is 1.13. The van der Waals surface area contributed by atoms with Crippen molar-refractivity contribution in [2.45, 2.75) is 13.1 Å². The number of nitrogens with zero attached hydrogens (tertiary/aromatic N) is 2. The Morgan fingerprint density at radius 1 is 1.25 bits per heavy atom. The zero-order chi connectivity index (χ0) is 11.0. The molecule has 0 fully saturated rings. The van der Waals surface area contributed by atoms with Gasteiger partial charge in [-0.25, -0.2) is 4.98 Å². The van der Waals surface area contributed by atoms with E-state index >= 15 is 0 Å². The SMILES string of the molecule is Brc1ccc(-c2cn3c(n2)CNCC3)cc1. The van der Waals surface area contributed by atoms with Gasteiger partial charge < -0.3 is 9.88 Å². The van der Waals surface area contributed by atoms with Crippen LogP contribution in [0.5, 0.6) is 0 Å². The first-order valence-electron chi connectivity index (χ1n) is 5.35. The summed E-state index contributed by atoms with van der Waals surface area (Å²) in [4.78, 5) is 4.64. The molecule has 0 unspecified atom stereocenters. The molecule has 1 aliphatic heterocycles. The van der Waals surface area contributed by atoms with E-state index in [9.17, 15) is 0 Å². The number of benzene rings is 1. The van der Waals surface area contributed by atoms with Crippen molar-refractivity contribution in [2.24, 2.45) is 0 Å². The second-order valence-electron chi connectivity index (χ2n) is 3.92.